The first kappa shape index (κ1) is 25.9. The molecule has 1 aliphatic heterocycles. The maximum absolute atomic E-state index is 14.0. The minimum atomic E-state index is -4.98. The van der Waals surface area contributed by atoms with Crippen molar-refractivity contribution in [1.82, 2.24) is 15.0 Å². The Labute approximate surface area is 209 Å². The number of alkyl halides is 3. The van der Waals surface area contributed by atoms with E-state index in [-0.39, 0.29) is 17.8 Å². The van der Waals surface area contributed by atoms with Gasteiger partial charge in [-0.3, -0.25) is 4.79 Å². The Balaban J connectivity index is 1.35. The number of carbonyl (C=O) groups excluding carboxylic acids is 1. The zero-order valence-corrected chi connectivity index (χ0v) is 20.0. The first-order chi connectivity index (χ1) is 17.6. The number of nitrogens with zero attached hydrogens (tertiary/aromatic N) is 4. The van der Waals surface area contributed by atoms with E-state index in [0.717, 1.165) is 23.4 Å². The highest BCUT2D eigenvalue weighted by Crippen LogP contribution is 2.30. The molecular weight excluding hydrogens is 496 g/mol. The van der Waals surface area contributed by atoms with E-state index < -0.39 is 17.9 Å². The molecule has 0 saturated carbocycles. The van der Waals surface area contributed by atoms with Gasteiger partial charge in [0, 0.05) is 50.3 Å². The van der Waals surface area contributed by atoms with Crippen molar-refractivity contribution in [2.45, 2.75) is 39.2 Å². The Kier molecular flexibility index (Phi) is 7.60. The second kappa shape index (κ2) is 10.8. The number of piperidine rings is 1. The van der Waals surface area contributed by atoms with Crippen molar-refractivity contribution in [3.8, 4) is 11.5 Å². The Morgan fingerprint density at radius 3 is 2.51 bits per heavy atom. The normalized spacial score (nSPS) is 14.3. The van der Waals surface area contributed by atoms with Gasteiger partial charge in [0.25, 0.3) is 0 Å². The molecule has 0 aliphatic carbocycles. The molecule has 37 heavy (non-hydrogen) atoms. The van der Waals surface area contributed by atoms with Crippen molar-refractivity contribution in [1.29, 1.82) is 0 Å². The van der Waals surface area contributed by atoms with Gasteiger partial charge >= 0.3 is 6.36 Å². The lowest BCUT2D eigenvalue weighted by Crippen LogP contribution is -2.39. The smallest absolute Gasteiger partial charge is 0.490 e. The van der Waals surface area contributed by atoms with E-state index in [2.05, 4.69) is 30.3 Å². The van der Waals surface area contributed by atoms with E-state index in [9.17, 15) is 22.4 Å². The van der Waals surface area contributed by atoms with Crippen LogP contribution in [0.15, 0.2) is 42.7 Å². The molecular formula is C24H24F4N6O3. The number of carbonyl (C=O) groups is 1. The van der Waals surface area contributed by atoms with Crippen LogP contribution < -0.4 is 25.0 Å². The highest BCUT2D eigenvalue weighted by Gasteiger charge is 2.32. The lowest BCUT2D eigenvalue weighted by atomic mass is 10.1. The monoisotopic (exact) mass is 520 g/mol. The molecule has 2 aromatic carbocycles. The van der Waals surface area contributed by atoms with Gasteiger partial charge in [-0.2, -0.15) is 4.98 Å². The zero-order chi connectivity index (χ0) is 26.6. The van der Waals surface area contributed by atoms with Crippen molar-refractivity contribution in [2.75, 3.05) is 28.6 Å². The molecule has 0 spiro atoms. The zero-order valence-electron chi connectivity index (χ0n) is 20.0. The van der Waals surface area contributed by atoms with E-state index in [1.165, 1.54) is 19.3 Å². The van der Waals surface area contributed by atoms with Crippen LogP contribution in [0.1, 0.15) is 25.3 Å². The van der Waals surface area contributed by atoms with Crippen LogP contribution in [-0.2, 0) is 4.79 Å². The number of benzene rings is 2. The molecule has 0 radical (unpaired) electrons. The predicted octanol–water partition coefficient (Wildman–Crippen LogP) is 4.97. The Hall–Kier alpha value is -4.16. The van der Waals surface area contributed by atoms with Crippen molar-refractivity contribution >= 4 is 29.2 Å². The molecule has 1 aromatic heterocycles. The molecule has 3 aromatic rings. The third-order valence-electron chi connectivity index (χ3n) is 5.61. The van der Waals surface area contributed by atoms with Crippen LogP contribution in [0.2, 0.25) is 0 Å². The first-order valence-corrected chi connectivity index (χ1v) is 11.4. The molecule has 1 saturated heterocycles. The van der Waals surface area contributed by atoms with Gasteiger partial charge in [0.05, 0.1) is 0 Å². The average molecular weight is 520 g/mol. The first-order valence-electron chi connectivity index (χ1n) is 11.4. The van der Waals surface area contributed by atoms with Crippen LogP contribution in [0.5, 0.6) is 11.5 Å². The molecule has 9 nitrogen and oxygen atoms in total. The lowest BCUT2D eigenvalue weighted by Gasteiger charge is -2.32. The summed E-state index contributed by atoms with van der Waals surface area (Å²) in [7, 11) is 0. The summed E-state index contributed by atoms with van der Waals surface area (Å²) < 4.78 is 60.3. The molecule has 1 aliphatic rings. The number of anilines is 4. The van der Waals surface area contributed by atoms with Crippen LogP contribution in [-0.4, -0.2) is 46.4 Å². The molecule has 13 heteroatoms. The second-order valence-electron chi connectivity index (χ2n) is 8.34. The van der Waals surface area contributed by atoms with Crippen LogP contribution in [0, 0.1) is 12.7 Å². The summed E-state index contributed by atoms with van der Waals surface area (Å²) in [5.74, 6) is -1.32. The number of aromatic nitrogens is 3. The number of hydrogen-bond donors (Lipinski definition) is 2. The Morgan fingerprint density at radius 1 is 1.11 bits per heavy atom. The van der Waals surface area contributed by atoms with Gasteiger partial charge in [-0.05, 0) is 36.8 Å². The van der Waals surface area contributed by atoms with Crippen LogP contribution in [0.25, 0.3) is 0 Å². The van der Waals surface area contributed by atoms with Crippen molar-refractivity contribution < 1.29 is 31.8 Å². The fourth-order valence-electron chi connectivity index (χ4n) is 3.85. The SMILES string of the molecule is CC(=O)Nc1cccc(Nc2ncnc(N3CCC(Oc4ccc(OC(F)(F)F)c(F)c4)CC3)n2)c1C. The van der Waals surface area contributed by atoms with Gasteiger partial charge < -0.3 is 25.0 Å². The van der Waals surface area contributed by atoms with E-state index in [4.69, 9.17) is 4.74 Å². The van der Waals surface area contributed by atoms with Crippen LogP contribution in [0.3, 0.4) is 0 Å². The van der Waals surface area contributed by atoms with Crippen LogP contribution in [0.4, 0.5) is 40.8 Å². The minimum Gasteiger partial charge on any atom is -0.490 e. The van der Waals surface area contributed by atoms with E-state index in [1.54, 1.807) is 12.1 Å². The highest BCUT2D eigenvalue weighted by molar-refractivity contribution is 5.90. The molecule has 196 valence electrons. The summed E-state index contributed by atoms with van der Waals surface area (Å²) in [6.07, 6.45) is -2.71. The average Bonchev–Trinajstić information content (AvgIpc) is 2.83. The maximum atomic E-state index is 14.0. The number of nitrogens with one attached hydrogen (secondary N) is 2. The Morgan fingerprint density at radius 2 is 1.84 bits per heavy atom. The maximum Gasteiger partial charge on any atom is 0.573 e. The van der Waals surface area contributed by atoms with Gasteiger partial charge in [0.1, 0.15) is 18.2 Å². The summed E-state index contributed by atoms with van der Waals surface area (Å²) in [6, 6.07) is 8.45. The molecule has 0 atom stereocenters. The Bertz CT molecular complexity index is 1270. The third-order valence-corrected chi connectivity index (χ3v) is 5.61. The highest BCUT2D eigenvalue weighted by atomic mass is 19.4. The third kappa shape index (κ3) is 6.96. The minimum absolute atomic E-state index is 0.119. The van der Waals surface area contributed by atoms with Crippen molar-refractivity contribution in [3.05, 3.63) is 54.1 Å². The van der Waals surface area contributed by atoms with Crippen molar-refractivity contribution in [2.24, 2.45) is 0 Å². The molecule has 0 unspecified atom stereocenters. The predicted molar refractivity (Wildman–Crippen MR) is 128 cm³/mol. The molecule has 2 N–H and O–H groups in total. The topological polar surface area (TPSA) is 102 Å². The second-order valence-corrected chi connectivity index (χ2v) is 8.34. The lowest BCUT2D eigenvalue weighted by molar-refractivity contribution is -0.275. The summed E-state index contributed by atoms with van der Waals surface area (Å²) >= 11 is 0. The summed E-state index contributed by atoms with van der Waals surface area (Å²) in [4.78, 5) is 26.3. The molecule has 1 fully saturated rings. The van der Waals surface area contributed by atoms with Crippen molar-refractivity contribution in [3.63, 3.8) is 0 Å². The van der Waals surface area contributed by atoms with Gasteiger partial charge in [0.2, 0.25) is 17.8 Å². The van der Waals surface area contributed by atoms with Gasteiger partial charge in [-0.25, -0.2) is 14.4 Å². The summed E-state index contributed by atoms with van der Waals surface area (Å²) in [5, 5.41) is 5.92. The number of rotatable bonds is 7. The van der Waals surface area contributed by atoms with E-state index in [1.807, 2.05) is 17.9 Å². The standard InChI is InChI=1S/C24H24F4N6O3/c1-14-19(31-15(2)35)4-3-5-20(14)32-22-29-13-30-23(33-22)34-10-8-16(9-11-34)36-17-6-7-21(18(25)12-17)37-24(26,27)28/h3-7,12-13,16H,8-11H2,1-2H3,(H,31,35)(H,29,30,32,33). The largest absolute Gasteiger partial charge is 0.573 e. The molecule has 4 rings (SSSR count). The number of amides is 1. The molecule has 1 amide bonds. The number of ether oxygens (including phenoxy) is 2. The number of hydrogen-bond acceptors (Lipinski definition) is 8. The quantitative estimate of drug-likeness (QED) is 0.422. The molecule has 0 bridgehead atoms. The fraction of sp³-hybridized carbons (Fsp3) is 0.333. The summed E-state index contributed by atoms with van der Waals surface area (Å²) in [6.45, 7) is 4.39. The van der Waals surface area contributed by atoms with E-state index in [0.29, 0.717) is 43.5 Å². The van der Waals surface area contributed by atoms with E-state index >= 15 is 0 Å². The molecule has 2 heterocycles. The van der Waals surface area contributed by atoms with Gasteiger partial charge in [-0.1, -0.05) is 6.07 Å². The summed E-state index contributed by atoms with van der Waals surface area (Å²) in [5.41, 5.74) is 2.23. The van der Waals surface area contributed by atoms with Crippen LogP contribution >= 0.6 is 0 Å². The van der Waals surface area contributed by atoms with Gasteiger partial charge in [0.15, 0.2) is 11.6 Å². The number of halogens is 4. The fourth-order valence-corrected chi connectivity index (χ4v) is 3.85. The van der Waals surface area contributed by atoms with Gasteiger partial charge in [-0.15, -0.1) is 13.2 Å².